The molecule has 0 saturated carbocycles. The molecule has 0 radical (unpaired) electrons. The van der Waals surface area contributed by atoms with Gasteiger partial charge in [-0.2, -0.15) is 0 Å². The molecule has 2 aliphatic rings. The van der Waals surface area contributed by atoms with Crippen LogP contribution in [-0.4, -0.2) is 25.2 Å². The third-order valence-corrected chi connectivity index (χ3v) is 5.84. The fourth-order valence-electron chi connectivity index (χ4n) is 4.49. The molecule has 6 rings (SSSR count). The Labute approximate surface area is 166 Å². The Morgan fingerprint density at radius 3 is 2.97 bits per heavy atom. The van der Waals surface area contributed by atoms with Gasteiger partial charge in [-0.05, 0) is 62.2 Å². The molecule has 0 atom stereocenters. The molecule has 4 aromatic rings. The third kappa shape index (κ3) is 2.23. The van der Waals surface area contributed by atoms with Gasteiger partial charge >= 0.3 is 0 Å². The Kier molecular flexibility index (Phi) is 2.99. The minimum atomic E-state index is -0.330. The number of ether oxygens (including phenoxy) is 1. The van der Waals surface area contributed by atoms with E-state index in [4.69, 9.17) is 9.72 Å². The third-order valence-electron chi connectivity index (χ3n) is 5.84. The van der Waals surface area contributed by atoms with Crippen LogP contribution in [0.15, 0.2) is 41.2 Å². The first-order valence-electron chi connectivity index (χ1n) is 9.71. The molecule has 0 amide bonds. The second-order valence-electron chi connectivity index (χ2n) is 8.26. The first-order valence-corrected chi connectivity index (χ1v) is 9.71. The highest BCUT2D eigenvalue weighted by atomic mass is 16.5. The number of hydrogen-bond acceptors (Lipinski definition) is 4. The number of nitrogens with one attached hydrogen (secondary N) is 1. The molecule has 2 aromatic carbocycles. The fourth-order valence-corrected chi connectivity index (χ4v) is 4.49. The van der Waals surface area contributed by atoms with Crippen molar-refractivity contribution in [2.45, 2.75) is 32.4 Å². The van der Waals surface area contributed by atoms with Crippen molar-refractivity contribution in [1.29, 1.82) is 0 Å². The predicted octanol–water partition coefficient (Wildman–Crippen LogP) is 3.99. The highest BCUT2D eigenvalue weighted by molar-refractivity contribution is 5.99. The summed E-state index contributed by atoms with van der Waals surface area (Å²) in [4.78, 5) is 21.3. The van der Waals surface area contributed by atoms with E-state index in [2.05, 4.69) is 17.1 Å². The predicted molar refractivity (Wildman–Crippen MR) is 112 cm³/mol. The van der Waals surface area contributed by atoms with Crippen LogP contribution in [0, 0.1) is 0 Å². The van der Waals surface area contributed by atoms with Gasteiger partial charge in [0, 0.05) is 23.0 Å². The van der Waals surface area contributed by atoms with E-state index in [-0.39, 0.29) is 16.9 Å². The monoisotopic (exact) mass is 385 g/mol. The molecule has 0 spiro atoms. The lowest BCUT2D eigenvalue weighted by atomic mass is 9.95. The van der Waals surface area contributed by atoms with E-state index in [0.717, 1.165) is 39.9 Å². The van der Waals surface area contributed by atoms with Crippen LogP contribution in [-0.2, 0) is 13.0 Å². The van der Waals surface area contributed by atoms with Crippen molar-refractivity contribution in [2.24, 2.45) is 0 Å². The zero-order valence-electron chi connectivity index (χ0n) is 16.1. The van der Waals surface area contributed by atoms with Crippen LogP contribution >= 0.6 is 0 Å². The van der Waals surface area contributed by atoms with Crippen molar-refractivity contribution in [3.05, 3.63) is 57.9 Å². The molecule has 0 fully saturated rings. The fraction of sp³-hybridized carbons (Fsp3) is 0.217. The Morgan fingerprint density at radius 1 is 1.24 bits per heavy atom. The normalized spacial score (nSPS) is 16.3. The number of hydrogen-bond donors (Lipinski definition) is 2. The molecule has 144 valence electrons. The van der Waals surface area contributed by atoms with Crippen LogP contribution < -0.4 is 10.3 Å². The van der Waals surface area contributed by atoms with E-state index in [9.17, 15) is 9.90 Å². The first-order chi connectivity index (χ1) is 13.9. The summed E-state index contributed by atoms with van der Waals surface area (Å²) in [5.41, 5.74) is 4.24. The Morgan fingerprint density at radius 2 is 2.10 bits per heavy atom. The van der Waals surface area contributed by atoms with Crippen LogP contribution in [0.25, 0.3) is 39.4 Å². The molecule has 6 heteroatoms. The lowest BCUT2D eigenvalue weighted by Gasteiger charge is -2.28. The van der Waals surface area contributed by atoms with E-state index in [1.165, 1.54) is 6.07 Å². The van der Waals surface area contributed by atoms with Crippen molar-refractivity contribution in [3.63, 3.8) is 0 Å². The molecule has 29 heavy (non-hydrogen) atoms. The largest absolute Gasteiger partial charge is 0.508 e. The second-order valence-corrected chi connectivity index (χ2v) is 8.26. The molecule has 2 aliphatic heterocycles. The van der Waals surface area contributed by atoms with Crippen molar-refractivity contribution >= 4 is 27.9 Å². The summed E-state index contributed by atoms with van der Waals surface area (Å²) in [7, 11) is 0. The van der Waals surface area contributed by atoms with Crippen LogP contribution in [0.2, 0.25) is 0 Å². The molecule has 2 N–H and O–H groups in total. The number of benzene rings is 2. The summed E-state index contributed by atoms with van der Waals surface area (Å²) in [5.74, 6) is 1.58. The average molecular weight is 385 g/mol. The van der Waals surface area contributed by atoms with E-state index < -0.39 is 0 Å². The number of aryl methyl sites for hydroxylation is 1. The highest BCUT2D eigenvalue weighted by Gasteiger charge is 2.28. The summed E-state index contributed by atoms with van der Waals surface area (Å²) in [6, 6.07) is 8.75. The van der Waals surface area contributed by atoms with Crippen LogP contribution in [0.4, 0.5) is 0 Å². The Balaban J connectivity index is 1.65. The number of fused-ring (bicyclic) bond motifs is 8. The molecule has 0 saturated heterocycles. The Hall–Kier alpha value is -3.54. The number of aromatic amines is 1. The number of aromatic hydroxyl groups is 1. The molecule has 4 heterocycles. The molecule has 0 unspecified atom stereocenters. The van der Waals surface area contributed by atoms with Gasteiger partial charge in [0.15, 0.2) is 5.82 Å². The Bertz CT molecular complexity index is 1440. The number of phenolic OH excluding ortho intramolecular Hbond substituents is 1. The van der Waals surface area contributed by atoms with Gasteiger partial charge in [0.25, 0.3) is 5.56 Å². The van der Waals surface area contributed by atoms with E-state index in [0.29, 0.717) is 23.3 Å². The lowest BCUT2D eigenvalue weighted by molar-refractivity contribution is 0.159. The van der Waals surface area contributed by atoms with Gasteiger partial charge < -0.3 is 14.8 Å². The smallest absolute Gasteiger partial charge is 0.261 e. The molecular formula is C23H19N3O3. The number of phenols is 1. The quantitative estimate of drug-likeness (QED) is 0.480. The van der Waals surface area contributed by atoms with Crippen molar-refractivity contribution in [3.8, 4) is 23.0 Å². The van der Waals surface area contributed by atoms with Gasteiger partial charge in [0.05, 0.1) is 16.6 Å². The standard InChI is InChI=1S/C23H19N3O3/c1-23(2)9-7-13-18(29-23)6-5-17-19(13)14-8-10-26-21(20(14)24-17)25-16-4-3-12(27)11-15(16)22(26)28/h3-7,9,11,24,27H,8,10H2,1-2H3. The van der Waals surface area contributed by atoms with Gasteiger partial charge in [-0.25, -0.2) is 4.98 Å². The maximum Gasteiger partial charge on any atom is 0.261 e. The second kappa shape index (κ2) is 5.29. The van der Waals surface area contributed by atoms with Crippen LogP contribution in [0.5, 0.6) is 11.5 Å². The van der Waals surface area contributed by atoms with Crippen molar-refractivity contribution in [2.75, 3.05) is 0 Å². The minimum Gasteiger partial charge on any atom is -0.508 e. The summed E-state index contributed by atoms with van der Waals surface area (Å²) in [6.07, 6.45) is 4.93. The minimum absolute atomic E-state index is 0.0698. The van der Waals surface area contributed by atoms with Gasteiger partial charge in [0.1, 0.15) is 17.1 Å². The van der Waals surface area contributed by atoms with E-state index in [1.54, 1.807) is 16.7 Å². The zero-order valence-corrected chi connectivity index (χ0v) is 16.1. The summed E-state index contributed by atoms with van der Waals surface area (Å²) in [6.45, 7) is 4.63. The maximum atomic E-state index is 13.0. The molecular weight excluding hydrogens is 366 g/mol. The molecule has 2 aromatic heterocycles. The summed E-state index contributed by atoms with van der Waals surface area (Å²) in [5, 5.41) is 11.3. The number of aromatic nitrogens is 3. The summed E-state index contributed by atoms with van der Waals surface area (Å²) >= 11 is 0. The van der Waals surface area contributed by atoms with E-state index in [1.807, 2.05) is 26.0 Å². The SMILES string of the molecule is CC1(C)C=Cc2c(ccc3[nH]c4c(c23)CCn2c-4nc3ccc(O)cc3c2=O)O1. The summed E-state index contributed by atoms with van der Waals surface area (Å²) < 4.78 is 7.85. The van der Waals surface area contributed by atoms with Crippen LogP contribution in [0.1, 0.15) is 25.0 Å². The van der Waals surface area contributed by atoms with Gasteiger partial charge in [-0.1, -0.05) is 6.08 Å². The topological polar surface area (TPSA) is 80.1 Å². The van der Waals surface area contributed by atoms with Gasteiger partial charge in [-0.3, -0.25) is 9.36 Å². The van der Waals surface area contributed by atoms with E-state index >= 15 is 0 Å². The first kappa shape index (κ1) is 16.4. The zero-order chi connectivity index (χ0) is 19.9. The number of rotatable bonds is 0. The molecule has 0 aliphatic carbocycles. The average Bonchev–Trinajstić information content (AvgIpc) is 3.07. The van der Waals surface area contributed by atoms with Crippen molar-refractivity contribution < 1.29 is 9.84 Å². The van der Waals surface area contributed by atoms with Gasteiger partial charge in [-0.15, -0.1) is 0 Å². The molecule has 6 nitrogen and oxygen atoms in total. The highest BCUT2D eigenvalue weighted by Crippen LogP contribution is 2.41. The van der Waals surface area contributed by atoms with Crippen LogP contribution in [0.3, 0.4) is 0 Å². The maximum absolute atomic E-state index is 13.0. The van der Waals surface area contributed by atoms with Crippen molar-refractivity contribution in [1.82, 2.24) is 14.5 Å². The molecule has 0 bridgehead atoms. The number of H-pyrrole nitrogens is 1. The van der Waals surface area contributed by atoms with Gasteiger partial charge in [0.2, 0.25) is 0 Å². The number of nitrogens with zero attached hydrogens (tertiary/aromatic N) is 2. The lowest BCUT2D eigenvalue weighted by Crippen LogP contribution is -2.28.